The van der Waals surface area contributed by atoms with E-state index in [1.165, 1.54) is 25.0 Å². The van der Waals surface area contributed by atoms with Gasteiger partial charge in [-0.25, -0.2) is 0 Å². The van der Waals surface area contributed by atoms with E-state index in [2.05, 4.69) is 5.32 Å². The molecular weight excluding hydrogens is 256 g/mol. The van der Waals surface area contributed by atoms with Crippen molar-refractivity contribution in [3.8, 4) is 0 Å². The fourth-order valence-corrected chi connectivity index (χ4v) is 3.78. The quantitative estimate of drug-likeness (QED) is 0.853. The number of amides is 1. The minimum absolute atomic E-state index is 0. The van der Waals surface area contributed by atoms with E-state index in [0.29, 0.717) is 18.0 Å². The molecule has 17 heavy (non-hydrogen) atoms. The molecule has 2 rings (SSSR count). The Morgan fingerprint density at radius 2 is 2.29 bits per heavy atom. The van der Waals surface area contributed by atoms with Crippen molar-refractivity contribution in [3.05, 3.63) is 0 Å². The third kappa shape index (κ3) is 4.34. The lowest BCUT2D eigenvalue weighted by Gasteiger charge is -2.24. The molecule has 0 saturated carbocycles. The molecule has 0 aromatic carbocycles. The molecule has 100 valence electrons. The van der Waals surface area contributed by atoms with Gasteiger partial charge in [0.2, 0.25) is 5.91 Å². The zero-order valence-corrected chi connectivity index (χ0v) is 12.1. The molecule has 2 unspecified atom stereocenters. The molecule has 0 aromatic rings. The van der Waals surface area contributed by atoms with Crippen LogP contribution in [0.5, 0.6) is 0 Å². The van der Waals surface area contributed by atoms with E-state index in [1.807, 2.05) is 23.7 Å². The zero-order chi connectivity index (χ0) is 11.4. The highest BCUT2D eigenvalue weighted by atomic mass is 35.5. The van der Waals surface area contributed by atoms with Crippen LogP contribution in [-0.4, -0.2) is 48.0 Å². The lowest BCUT2D eigenvalue weighted by molar-refractivity contribution is -0.131. The molecule has 2 aliphatic rings. The number of rotatable bonds is 4. The number of thioether (sulfide) groups is 1. The molecule has 3 nitrogen and oxygen atoms in total. The van der Waals surface area contributed by atoms with Gasteiger partial charge in [-0.2, -0.15) is 11.8 Å². The Hall–Kier alpha value is 0.0700. The fourth-order valence-electron chi connectivity index (χ4n) is 2.51. The monoisotopic (exact) mass is 278 g/mol. The highest BCUT2D eigenvalue weighted by molar-refractivity contribution is 7.99. The molecule has 0 aromatic heterocycles. The van der Waals surface area contributed by atoms with Gasteiger partial charge in [-0.15, -0.1) is 12.4 Å². The van der Waals surface area contributed by atoms with Crippen LogP contribution in [0.3, 0.4) is 0 Å². The lowest BCUT2D eigenvalue weighted by Crippen LogP contribution is -2.37. The maximum Gasteiger partial charge on any atom is 0.222 e. The molecule has 2 aliphatic heterocycles. The summed E-state index contributed by atoms with van der Waals surface area (Å²) in [6, 6.07) is 1.09. The van der Waals surface area contributed by atoms with Crippen LogP contribution in [-0.2, 0) is 4.79 Å². The normalized spacial score (nSPS) is 27.8. The fraction of sp³-hybridized carbons (Fsp3) is 0.917. The number of hydrogen-bond acceptors (Lipinski definition) is 3. The molecule has 2 atom stereocenters. The molecule has 1 amide bonds. The van der Waals surface area contributed by atoms with Gasteiger partial charge in [-0.3, -0.25) is 4.79 Å². The molecule has 0 spiro atoms. The number of carbonyl (C=O) groups excluding carboxylic acids is 1. The van der Waals surface area contributed by atoms with Gasteiger partial charge in [0.25, 0.3) is 0 Å². The molecule has 1 N–H and O–H groups in total. The van der Waals surface area contributed by atoms with Gasteiger partial charge in [0, 0.05) is 31.3 Å². The molecule has 2 heterocycles. The van der Waals surface area contributed by atoms with Crippen molar-refractivity contribution in [2.75, 3.05) is 25.1 Å². The van der Waals surface area contributed by atoms with E-state index < -0.39 is 0 Å². The Morgan fingerprint density at radius 3 is 2.88 bits per heavy atom. The van der Waals surface area contributed by atoms with Gasteiger partial charge in [0.1, 0.15) is 0 Å². The van der Waals surface area contributed by atoms with Crippen molar-refractivity contribution in [1.82, 2.24) is 10.2 Å². The van der Waals surface area contributed by atoms with Crippen molar-refractivity contribution >= 4 is 30.1 Å². The Bertz CT molecular complexity index is 241. The van der Waals surface area contributed by atoms with Crippen molar-refractivity contribution in [1.29, 1.82) is 0 Å². The molecule has 2 fully saturated rings. The first-order chi connectivity index (χ1) is 7.77. The maximum absolute atomic E-state index is 12.0. The van der Waals surface area contributed by atoms with Crippen molar-refractivity contribution < 1.29 is 4.79 Å². The van der Waals surface area contributed by atoms with Gasteiger partial charge in [-0.1, -0.05) is 0 Å². The van der Waals surface area contributed by atoms with Crippen LogP contribution in [0.15, 0.2) is 0 Å². The van der Waals surface area contributed by atoms with Crippen LogP contribution in [0, 0.1) is 0 Å². The molecule has 5 heteroatoms. The number of hydrogen-bond donors (Lipinski definition) is 1. The van der Waals surface area contributed by atoms with E-state index in [-0.39, 0.29) is 12.4 Å². The van der Waals surface area contributed by atoms with Crippen LogP contribution in [0.25, 0.3) is 0 Å². The SMILES string of the molecule is CN(C(=O)CCC1CCCN1)C1CCSC1.Cl. The summed E-state index contributed by atoms with van der Waals surface area (Å²) in [7, 11) is 1.97. The van der Waals surface area contributed by atoms with E-state index >= 15 is 0 Å². The topological polar surface area (TPSA) is 32.3 Å². The van der Waals surface area contributed by atoms with Gasteiger partial charge >= 0.3 is 0 Å². The first-order valence-corrected chi connectivity index (χ1v) is 7.49. The Labute approximate surface area is 114 Å². The van der Waals surface area contributed by atoms with Crippen LogP contribution in [0.1, 0.15) is 32.1 Å². The average Bonchev–Trinajstić information content (AvgIpc) is 2.96. The van der Waals surface area contributed by atoms with Gasteiger partial charge < -0.3 is 10.2 Å². The maximum atomic E-state index is 12.0. The summed E-state index contributed by atoms with van der Waals surface area (Å²) in [6.45, 7) is 1.13. The first-order valence-electron chi connectivity index (χ1n) is 6.34. The summed E-state index contributed by atoms with van der Waals surface area (Å²) in [5.74, 6) is 2.68. The van der Waals surface area contributed by atoms with Gasteiger partial charge in [0.15, 0.2) is 0 Å². The lowest BCUT2D eigenvalue weighted by atomic mass is 10.1. The molecule has 0 radical (unpaired) electrons. The second-order valence-corrected chi connectivity index (χ2v) is 6.00. The standard InChI is InChI=1S/C12H22N2OS.ClH/c1-14(11-6-8-16-9-11)12(15)5-4-10-3-2-7-13-10;/h10-11,13H,2-9H2,1H3;1H. The highest BCUT2D eigenvalue weighted by Crippen LogP contribution is 2.22. The number of nitrogens with one attached hydrogen (secondary N) is 1. The predicted octanol–water partition coefficient (Wildman–Crippen LogP) is 1.90. The van der Waals surface area contributed by atoms with Crippen LogP contribution >= 0.6 is 24.2 Å². The minimum Gasteiger partial charge on any atom is -0.342 e. The van der Waals surface area contributed by atoms with Crippen LogP contribution < -0.4 is 5.32 Å². The number of halogens is 1. The second kappa shape index (κ2) is 7.49. The summed E-state index contributed by atoms with van der Waals surface area (Å²) in [6.07, 6.45) is 5.43. The molecule has 0 bridgehead atoms. The van der Waals surface area contributed by atoms with Crippen molar-refractivity contribution in [2.24, 2.45) is 0 Å². The molecule has 2 saturated heterocycles. The Morgan fingerprint density at radius 1 is 1.47 bits per heavy atom. The van der Waals surface area contributed by atoms with E-state index in [9.17, 15) is 4.79 Å². The van der Waals surface area contributed by atoms with E-state index in [0.717, 1.165) is 25.1 Å². The Balaban J connectivity index is 0.00000144. The van der Waals surface area contributed by atoms with Crippen molar-refractivity contribution in [3.63, 3.8) is 0 Å². The number of carbonyl (C=O) groups is 1. The summed E-state index contributed by atoms with van der Waals surface area (Å²) < 4.78 is 0. The Kier molecular flexibility index (Phi) is 6.67. The zero-order valence-electron chi connectivity index (χ0n) is 10.5. The van der Waals surface area contributed by atoms with Crippen LogP contribution in [0.2, 0.25) is 0 Å². The van der Waals surface area contributed by atoms with Gasteiger partial charge in [-0.05, 0) is 38.0 Å². The van der Waals surface area contributed by atoms with Gasteiger partial charge in [0.05, 0.1) is 0 Å². The minimum atomic E-state index is 0. The summed E-state index contributed by atoms with van der Waals surface area (Å²) in [5.41, 5.74) is 0. The number of nitrogens with zero attached hydrogens (tertiary/aromatic N) is 1. The highest BCUT2D eigenvalue weighted by Gasteiger charge is 2.24. The first kappa shape index (κ1) is 15.1. The van der Waals surface area contributed by atoms with Crippen LogP contribution in [0.4, 0.5) is 0 Å². The predicted molar refractivity (Wildman–Crippen MR) is 76.0 cm³/mol. The summed E-state index contributed by atoms with van der Waals surface area (Å²) >= 11 is 1.97. The van der Waals surface area contributed by atoms with Crippen molar-refractivity contribution in [2.45, 2.75) is 44.2 Å². The molecule has 0 aliphatic carbocycles. The third-order valence-electron chi connectivity index (χ3n) is 3.72. The third-order valence-corrected chi connectivity index (χ3v) is 4.86. The average molecular weight is 279 g/mol. The summed E-state index contributed by atoms with van der Waals surface area (Å²) in [5, 5.41) is 3.45. The smallest absolute Gasteiger partial charge is 0.222 e. The van der Waals surface area contributed by atoms with E-state index in [4.69, 9.17) is 0 Å². The summed E-state index contributed by atoms with van der Waals surface area (Å²) in [4.78, 5) is 14.0. The second-order valence-electron chi connectivity index (χ2n) is 4.85. The molecular formula is C12H23ClN2OS. The van der Waals surface area contributed by atoms with E-state index in [1.54, 1.807) is 0 Å². The largest absolute Gasteiger partial charge is 0.342 e.